The van der Waals surface area contributed by atoms with Crippen LogP contribution in [-0.2, 0) is 0 Å². The molecule has 6 rings (SSSR count). The van der Waals surface area contributed by atoms with Crippen molar-refractivity contribution in [3.63, 3.8) is 0 Å². The van der Waals surface area contributed by atoms with Crippen LogP contribution in [0, 0.1) is 0 Å². The van der Waals surface area contributed by atoms with Crippen LogP contribution < -0.4 is 11.3 Å². The molecule has 0 amide bonds. The average molecular weight is 284 g/mol. The smallest absolute Gasteiger partial charge is 0.349 e. The van der Waals surface area contributed by atoms with E-state index in [0.29, 0.717) is 5.39 Å². The highest BCUT2D eigenvalue weighted by Gasteiger charge is 2.17. The molecule has 0 aliphatic carbocycles. The molecule has 21 heavy (non-hydrogen) atoms. The van der Waals surface area contributed by atoms with Gasteiger partial charge in [0, 0.05) is 0 Å². The Kier molecular flexibility index (Phi) is 2.72. The number of aromatic carboxylic acids is 1. The Labute approximate surface area is 116 Å². The highest BCUT2D eigenvalue weighted by atomic mass is 16.4. The number of carboxylic acid groups (broad SMARTS) is 1. The van der Waals surface area contributed by atoms with Gasteiger partial charge in [-0.15, -0.1) is 0 Å². The molecule has 2 aromatic carbocycles. The summed E-state index contributed by atoms with van der Waals surface area (Å²) < 4.78 is 4.63. The summed E-state index contributed by atoms with van der Waals surface area (Å²) in [5, 5.41) is 19.8. The molecule has 104 valence electrons. The third-order valence-electron chi connectivity index (χ3n) is 3.23. The largest absolute Gasteiger partial charge is 0.506 e. The monoisotopic (exact) mass is 284 g/mol. The van der Waals surface area contributed by atoms with Crippen molar-refractivity contribution >= 4 is 27.5 Å². The van der Waals surface area contributed by atoms with E-state index >= 15 is 0 Å². The van der Waals surface area contributed by atoms with Crippen LogP contribution in [0.2, 0.25) is 0 Å². The minimum atomic E-state index is -1.38. The highest BCUT2D eigenvalue weighted by Crippen LogP contribution is 2.28. The Morgan fingerprint density at radius 3 is 2.05 bits per heavy atom. The Morgan fingerprint density at radius 1 is 0.857 bits per heavy atom. The number of benzene rings is 2. The fourth-order valence-corrected chi connectivity index (χ4v) is 2.20. The van der Waals surface area contributed by atoms with Gasteiger partial charge in [-0.3, -0.25) is 0 Å². The molecule has 6 aromatic rings. The molecule has 0 radical (unpaired) electrons. The van der Waals surface area contributed by atoms with E-state index in [1.165, 1.54) is 36.4 Å². The lowest BCUT2D eigenvalue weighted by Gasteiger charge is -2.03. The van der Waals surface area contributed by atoms with Crippen LogP contribution in [0.15, 0.2) is 50.4 Å². The van der Waals surface area contributed by atoms with E-state index in [1.54, 1.807) is 0 Å². The molecule has 6 heteroatoms. The molecule has 6 nitrogen and oxygen atoms in total. The summed E-state index contributed by atoms with van der Waals surface area (Å²) in [6.07, 6.45) is 0. The van der Waals surface area contributed by atoms with Crippen LogP contribution in [0.3, 0.4) is 0 Å². The number of carbonyl (C=O) groups is 1. The lowest BCUT2D eigenvalue weighted by atomic mass is 10.0. The molecule has 0 spiro atoms. The first-order valence-corrected chi connectivity index (χ1v) is 5.95. The second kappa shape index (κ2) is 4.45. The second-order valence-electron chi connectivity index (χ2n) is 4.44. The molecule has 4 heterocycles. The molecule has 0 unspecified atom stereocenters. The molecular formula is C15H8O6. The molecule has 0 fully saturated rings. The molecule has 0 saturated carbocycles. The number of aromatic hydroxyl groups is 1. The lowest BCUT2D eigenvalue weighted by molar-refractivity contribution is 0.0696. The van der Waals surface area contributed by atoms with Crippen molar-refractivity contribution in [1.29, 1.82) is 0 Å². The summed E-state index contributed by atoms with van der Waals surface area (Å²) in [6.45, 7) is 0. The minimum absolute atomic E-state index is 0.158. The van der Waals surface area contributed by atoms with Crippen molar-refractivity contribution in [3.8, 4) is 5.75 Å². The summed E-state index contributed by atoms with van der Waals surface area (Å²) in [5.41, 5.74) is -2.38. The van der Waals surface area contributed by atoms with Gasteiger partial charge in [-0.25, -0.2) is 14.4 Å². The predicted molar refractivity (Wildman–Crippen MR) is 74.9 cm³/mol. The van der Waals surface area contributed by atoms with E-state index in [4.69, 9.17) is 0 Å². The number of hydrogen-bond acceptors (Lipinski definition) is 5. The summed E-state index contributed by atoms with van der Waals surface area (Å²) >= 11 is 0. The van der Waals surface area contributed by atoms with Gasteiger partial charge in [0.15, 0.2) is 0 Å². The van der Waals surface area contributed by atoms with Gasteiger partial charge in [0.2, 0.25) is 0 Å². The first kappa shape index (κ1) is 12.9. The molecule has 0 aliphatic heterocycles. The fourth-order valence-electron chi connectivity index (χ4n) is 2.20. The van der Waals surface area contributed by atoms with Crippen molar-refractivity contribution in [2.24, 2.45) is 0 Å². The zero-order valence-electron chi connectivity index (χ0n) is 10.5. The van der Waals surface area contributed by atoms with Crippen LogP contribution >= 0.6 is 0 Å². The summed E-state index contributed by atoms with van der Waals surface area (Å²) in [5.74, 6) is -2.10. The highest BCUT2D eigenvalue weighted by molar-refractivity contribution is 6.07. The maximum absolute atomic E-state index is 11.9. The van der Waals surface area contributed by atoms with Crippen LogP contribution in [0.25, 0.3) is 21.5 Å². The van der Waals surface area contributed by atoms with E-state index in [2.05, 4.69) is 4.42 Å². The standard InChI is InChI=1S/C15H8O6/c16-12-10-6-5-9(11(12)13(17)18)7-1-3-8(4-2-7)14(19)21-15(10)20/h1-6,16H,(H,17,18). The van der Waals surface area contributed by atoms with Crippen LogP contribution in [0.5, 0.6) is 5.75 Å². The number of phenols is 1. The zero-order chi connectivity index (χ0) is 15.1. The number of hydrogen-bond donors (Lipinski definition) is 2. The van der Waals surface area contributed by atoms with E-state index < -0.39 is 28.5 Å². The maximum atomic E-state index is 11.9. The average Bonchev–Trinajstić information content (AvgIpc) is 2.50. The molecule has 2 N–H and O–H groups in total. The lowest BCUT2D eigenvalue weighted by Crippen LogP contribution is -2.07. The molecule has 4 bridgehead atoms. The van der Waals surface area contributed by atoms with Crippen LogP contribution in [0.4, 0.5) is 0 Å². The first-order chi connectivity index (χ1) is 9.99. The van der Waals surface area contributed by atoms with Gasteiger partial charge in [-0.2, -0.15) is 0 Å². The second-order valence-corrected chi connectivity index (χ2v) is 4.44. The first-order valence-electron chi connectivity index (χ1n) is 5.95. The SMILES string of the molecule is O=C(O)c1c(O)c2ccc1c1ccc(cc1)c(=O)oc2=O. The van der Waals surface area contributed by atoms with E-state index in [-0.39, 0.29) is 16.2 Å². The van der Waals surface area contributed by atoms with Gasteiger partial charge in [0.05, 0.1) is 5.39 Å². The predicted octanol–water partition coefficient (Wildman–Crippen LogP) is 1.71. The normalized spacial score (nSPS) is 10.9. The van der Waals surface area contributed by atoms with Crippen molar-refractivity contribution < 1.29 is 19.4 Å². The zero-order valence-corrected chi connectivity index (χ0v) is 10.5. The molecule has 0 aliphatic rings. The Hall–Kier alpha value is -3.15. The summed E-state index contributed by atoms with van der Waals surface area (Å²) in [7, 11) is 0. The topological polar surface area (TPSA) is 105 Å². The van der Waals surface area contributed by atoms with Crippen molar-refractivity contribution in [1.82, 2.24) is 0 Å². The van der Waals surface area contributed by atoms with Gasteiger partial charge in [0.25, 0.3) is 0 Å². The minimum Gasteiger partial charge on any atom is -0.506 e. The van der Waals surface area contributed by atoms with Gasteiger partial charge in [-0.05, 0) is 29.0 Å². The van der Waals surface area contributed by atoms with E-state index in [0.717, 1.165) is 0 Å². The van der Waals surface area contributed by atoms with Gasteiger partial charge >= 0.3 is 17.2 Å². The quantitative estimate of drug-likeness (QED) is 0.704. The maximum Gasteiger partial charge on any atom is 0.349 e. The van der Waals surface area contributed by atoms with Crippen molar-refractivity contribution in [2.45, 2.75) is 0 Å². The van der Waals surface area contributed by atoms with Crippen molar-refractivity contribution in [3.05, 3.63) is 62.8 Å². The van der Waals surface area contributed by atoms with E-state index in [9.17, 15) is 24.6 Å². The Morgan fingerprint density at radius 2 is 1.43 bits per heavy atom. The molecule has 4 aromatic heterocycles. The summed E-state index contributed by atoms with van der Waals surface area (Å²) in [4.78, 5) is 35.0. The van der Waals surface area contributed by atoms with Gasteiger partial charge in [0.1, 0.15) is 16.7 Å². The van der Waals surface area contributed by atoms with E-state index in [1.807, 2.05) is 0 Å². The van der Waals surface area contributed by atoms with Gasteiger partial charge < -0.3 is 14.6 Å². The van der Waals surface area contributed by atoms with Crippen LogP contribution in [0.1, 0.15) is 10.4 Å². The molecule has 0 atom stereocenters. The third kappa shape index (κ3) is 1.93. The van der Waals surface area contributed by atoms with Crippen LogP contribution in [-0.4, -0.2) is 16.2 Å². The number of carboxylic acids is 1. The Bertz CT molecular complexity index is 996. The molecular weight excluding hydrogens is 276 g/mol. The summed E-state index contributed by atoms with van der Waals surface area (Å²) in [6, 6.07) is 8.51. The van der Waals surface area contributed by atoms with Crippen molar-refractivity contribution in [2.75, 3.05) is 0 Å². The Balaban J connectivity index is 2.78. The fraction of sp³-hybridized carbons (Fsp3) is 0. The molecule has 0 saturated heterocycles. The van der Waals surface area contributed by atoms with Gasteiger partial charge in [-0.1, -0.05) is 18.2 Å². The third-order valence-corrected chi connectivity index (χ3v) is 3.23. The number of rotatable bonds is 1.